The normalized spacial score (nSPS) is 12.6. The van der Waals surface area contributed by atoms with Gasteiger partial charge in [0, 0.05) is 35.0 Å². The summed E-state index contributed by atoms with van der Waals surface area (Å²) in [5.74, 6) is 0. The summed E-state index contributed by atoms with van der Waals surface area (Å²) in [5.41, 5.74) is 8.40. The largest absolute Gasteiger partial charge is 0.327 e. The lowest BCUT2D eigenvalue weighted by Crippen LogP contribution is -2.24. The Balaban J connectivity index is 1.90. The minimum absolute atomic E-state index is 0.0774. The van der Waals surface area contributed by atoms with Crippen molar-refractivity contribution in [1.82, 2.24) is 9.78 Å². The van der Waals surface area contributed by atoms with E-state index in [9.17, 15) is 0 Å². The topological polar surface area (TPSA) is 43.8 Å². The van der Waals surface area contributed by atoms with Crippen molar-refractivity contribution in [2.45, 2.75) is 25.3 Å². The Morgan fingerprint density at radius 3 is 2.74 bits per heavy atom. The number of nitrogens with two attached hydrogens (primary N) is 1. The number of rotatable bonds is 5. The second-order valence-corrected chi connectivity index (χ2v) is 5.53. The lowest BCUT2D eigenvalue weighted by molar-refractivity contribution is 0.586. The molecule has 0 aliphatic rings. The van der Waals surface area contributed by atoms with E-state index in [1.807, 2.05) is 29.9 Å². The molecule has 0 aliphatic heterocycles. The van der Waals surface area contributed by atoms with Gasteiger partial charge in [-0.25, -0.2) is 0 Å². The molecular weight excluding hydrogens is 281 g/mol. The molecule has 1 atom stereocenters. The lowest BCUT2D eigenvalue weighted by Gasteiger charge is -2.13. The first-order valence-corrected chi connectivity index (χ1v) is 6.98. The molecule has 19 heavy (non-hydrogen) atoms. The van der Waals surface area contributed by atoms with E-state index in [0.29, 0.717) is 10.0 Å². The van der Waals surface area contributed by atoms with Gasteiger partial charge in [-0.3, -0.25) is 4.68 Å². The smallest absolute Gasteiger partial charge is 0.0492 e. The van der Waals surface area contributed by atoms with Crippen molar-refractivity contribution in [3.05, 3.63) is 51.8 Å². The molecule has 2 aromatic rings. The third-order valence-electron chi connectivity index (χ3n) is 3.19. The number of halogens is 2. The molecule has 0 amide bonds. The van der Waals surface area contributed by atoms with Gasteiger partial charge in [-0.2, -0.15) is 5.10 Å². The van der Waals surface area contributed by atoms with E-state index in [1.54, 1.807) is 12.3 Å². The minimum Gasteiger partial charge on any atom is -0.327 e. The van der Waals surface area contributed by atoms with E-state index < -0.39 is 0 Å². The number of hydrogen-bond donors (Lipinski definition) is 1. The van der Waals surface area contributed by atoms with Crippen LogP contribution in [0, 0.1) is 0 Å². The molecule has 0 fully saturated rings. The van der Waals surface area contributed by atoms with E-state index in [1.165, 1.54) is 5.69 Å². The van der Waals surface area contributed by atoms with E-state index >= 15 is 0 Å². The number of hydrogen-bond acceptors (Lipinski definition) is 2. The first kappa shape index (κ1) is 14.4. The molecule has 1 unspecified atom stereocenters. The van der Waals surface area contributed by atoms with Gasteiger partial charge in [-0.1, -0.05) is 29.3 Å². The molecule has 0 bridgehead atoms. The van der Waals surface area contributed by atoms with E-state index in [0.717, 1.165) is 24.8 Å². The van der Waals surface area contributed by atoms with Gasteiger partial charge in [0.15, 0.2) is 0 Å². The summed E-state index contributed by atoms with van der Waals surface area (Å²) in [5, 5.41) is 5.48. The zero-order valence-electron chi connectivity index (χ0n) is 10.8. The fraction of sp³-hybridized carbons (Fsp3) is 0.357. The van der Waals surface area contributed by atoms with Crippen LogP contribution in [0.2, 0.25) is 10.0 Å². The van der Waals surface area contributed by atoms with Crippen LogP contribution in [-0.4, -0.2) is 15.8 Å². The van der Waals surface area contributed by atoms with Crippen LogP contribution in [0.25, 0.3) is 0 Å². The van der Waals surface area contributed by atoms with Crippen LogP contribution in [0.3, 0.4) is 0 Å². The summed E-state index contributed by atoms with van der Waals surface area (Å²) in [6.07, 6.45) is 4.38. The summed E-state index contributed by atoms with van der Waals surface area (Å²) in [4.78, 5) is 0. The highest BCUT2D eigenvalue weighted by atomic mass is 35.5. The van der Waals surface area contributed by atoms with Gasteiger partial charge >= 0.3 is 0 Å². The Bertz CT molecular complexity index is 551. The zero-order chi connectivity index (χ0) is 13.8. The van der Waals surface area contributed by atoms with Gasteiger partial charge in [0.1, 0.15) is 0 Å². The van der Waals surface area contributed by atoms with Crippen LogP contribution < -0.4 is 5.73 Å². The molecule has 0 saturated heterocycles. The predicted molar refractivity (Wildman–Crippen MR) is 79.7 cm³/mol. The van der Waals surface area contributed by atoms with Crippen LogP contribution in [0.5, 0.6) is 0 Å². The monoisotopic (exact) mass is 297 g/mol. The highest BCUT2D eigenvalue weighted by Gasteiger charge is 2.09. The van der Waals surface area contributed by atoms with Crippen LogP contribution >= 0.6 is 23.2 Å². The van der Waals surface area contributed by atoms with Crippen LogP contribution in [0.4, 0.5) is 0 Å². The van der Waals surface area contributed by atoms with Crippen molar-refractivity contribution in [3.8, 4) is 0 Å². The molecule has 0 aliphatic carbocycles. The summed E-state index contributed by atoms with van der Waals surface area (Å²) in [7, 11) is 1.94. The summed E-state index contributed by atoms with van der Waals surface area (Å²) in [6.45, 7) is 0. The fourth-order valence-electron chi connectivity index (χ4n) is 2.05. The second kappa shape index (κ2) is 6.42. The maximum Gasteiger partial charge on any atom is 0.0492 e. The molecular formula is C14H17Cl2N3. The summed E-state index contributed by atoms with van der Waals surface area (Å²) < 4.78 is 1.88. The van der Waals surface area contributed by atoms with Gasteiger partial charge in [0.2, 0.25) is 0 Å². The minimum atomic E-state index is 0.0774. The summed E-state index contributed by atoms with van der Waals surface area (Å²) in [6, 6.07) is 7.63. The third kappa shape index (κ3) is 3.96. The number of benzene rings is 1. The van der Waals surface area contributed by atoms with Gasteiger partial charge in [-0.15, -0.1) is 0 Å². The molecule has 0 saturated carbocycles. The average Bonchev–Trinajstić information content (AvgIpc) is 2.76. The van der Waals surface area contributed by atoms with Crippen molar-refractivity contribution < 1.29 is 0 Å². The molecule has 2 N–H and O–H groups in total. The maximum atomic E-state index is 6.16. The van der Waals surface area contributed by atoms with Crippen LogP contribution in [-0.2, 0) is 19.9 Å². The van der Waals surface area contributed by atoms with E-state index in [-0.39, 0.29) is 6.04 Å². The Morgan fingerprint density at radius 1 is 1.32 bits per heavy atom. The van der Waals surface area contributed by atoms with Crippen LogP contribution in [0.1, 0.15) is 17.7 Å². The second-order valence-electron chi connectivity index (χ2n) is 4.68. The molecule has 102 valence electrons. The molecule has 1 aromatic carbocycles. The Kier molecular flexibility index (Phi) is 4.86. The number of aromatic nitrogens is 2. The zero-order valence-corrected chi connectivity index (χ0v) is 12.3. The molecule has 1 heterocycles. The van der Waals surface area contributed by atoms with Crippen molar-refractivity contribution in [1.29, 1.82) is 0 Å². The number of nitrogens with zero attached hydrogens (tertiary/aromatic N) is 2. The first-order chi connectivity index (χ1) is 9.06. The van der Waals surface area contributed by atoms with Gasteiger partial charge < -0.3 is 5.73 Å². The van der Waals surface area contributed by atoms with Crippen molar-refractivity contribution in [2.24, 2.45) is 12.8 Å². The molecule has 2 rings (SSSR count). The van der Waals surface area contributed by atoms with Crippen molar-refractivity contribution in [2.75, 3.05) is 0 Å². The Labute approximate surface area is 123 Å². The molecule has 5 heteroatoms. The highest BCUT2D eigenvalue weighted by Crippen LogP contribution is 2.22. The fourth-order valence-corrected chi connectivity index (χ4v) is 2.54. The standard InChI is InChI=1S/C14H17Cl2N3/c1-19-13(6-7-18-19)5-4-12(17)8-10-2-3-11(15)9-14(10)16/h2-3,6-7,9,12H,4-5,8,17H2,1H3. The molecule has 0 radical (unpaired) electrons. The van der Waals surface area contributed by atoms with Crippen molar-refractivity contribution in [3.63, 3.8) is 0 Å². The SMILES string of the molecule is Cn1nccc1CCC(N)Cc1ccc(Cl)cc1Cl. The number of aryl methyl sites for hydroxylation is 2. The van der Waals surface area contributed by atoms with E-state index in [4.69, 9.17) is 28.9 Å². The molecule has 1 aromatic heterocycles. The van der Waals surface area contributed by atoms with E-state index in [2.05, 4.69) is 5.10 Å². The van der Waals surface area contributed by atoms with Gasteiger partial charge in [0.25, 0.3) is 0 Å². The molecule has 0 spiro atoms. The maximum absolute atomic E-state index is 6.16. The van der Waals surface area contributed by atoms with Crippen molar-refractivity contribution >= 4 is 23.2 Å². The molecule has 3 nitrogen and oxygen atoms in total. The van der Waals surface area contributed by atoms with Gasteiger partial charge in [0.05, 0.1) is 0 Å². The average molecular weight is 298 g/mol. The van der Waals surface area contributed by atoms with Gasteiger partial charge in [-0.05, 0) is 43.0 Å². The quantitative estimate of drug-likeness (QED) is 0.921. The highest BCUT2D eigenvalue weighted by molar-refractivity contribution is 6.35. The third-order valence-corrected chi connectivity index (χ3v) is 3.78. The lowest BCUT2D eigenvalue weighted by atomic mass is 10.0. The Morgan fingerprint density at radius 2 is 2.11 bits per heavy atom. The predicted octanol–water partition coefficient (Wildman–Crippen LogP) is 3.23. The van der Waals surface area contributed by atoms with Crippen LogP contribution in [0.15, 0.2) is 30.5 Å². The Hall–Kier alpha value is -1.03. The first-order valence-electron chi connectivity index (χ1n) is 6.22. The summed E-state index contributed by atoms with van der Waals surface area (Å²) >= 11 is 12.0.